The summed E-state index contributed by atoms with van der Waals surface area (Å²) in [6, 6.07) is 15.7. The van der Waals surface area contributed by atoms with E-state index in [4.69, 9.17) is 5.73 Å². The number of fused-ring (bicyclic) bond motifs is 1. The molecule has 94 valence electrons. The fourth-order valence-corrected chi connectivity index (χ4v) is 2.32. The van der Waals surface area contributed by atoms with Crippen LogP contribution in [0.4, 0.5) is 17.5 Å². The normalized spacial score (nSPS) is 10.6. The van der Waals surface area contributed by atoms with Gasteiger partial charge in [0.15, 0.2) is 0 Å². The summed E-state index contributed by atoms with van der Waals surface area (Å²) in [6.07, 6.45) is 0. The average Bonchev–Trinajstić information content (AvgIpc) is 2.41. The number of aromatic nitrogens is 2. The van der Waals surface area contributed by atoms with Crippen LogP contribution in [0.5, 0.6) is 0 Å². The lowest BCUT2D eigenvalue weighted by molar-refractivity contribution is 1.22. The Balaban J connectivity index is 2.04. The second kappa shape index (κ2) is 5.00. The Kier molecular flexibility index (Phi) is 3.20. The molecule has 0 aliphatic carbocycles. The second-order valence-electron chi connectivity index (χ2n) is 4.08. The zero-order chi connectivity index (χ0) is 13.2. The smallest absolute Gasteiger partial charge is 0.229 e. The monoisotopic (exact) mass is 362 g/mol. The molecule has 0 radical (unpaired) electrons. The number of halogens is 1. The van der Waals surface area contributed by atoms with Gasteiger partial charge in [-0.2, -0.15) is 4.98 Å². The molecule has 0 fully saturated rings. The van der Waals surface area contributed by atoms with Gasteiger partial charge in [0, 0.05) is 14.6 Å². The topological polar surface area (TPSA) is 63.8 Å². The van der Waals surface area contributed by atoms with Crippen LogP contribution in [0, 0.1) is 3.57 Å². The van der Waals surface area contributed by atoms with E-state index in [0.29, 0.717) is 11.8 Å². The van der Waals surface area contributed by atoms with Gasteiger partial charge in [0.25, 0.3) is 0 Å². The lowest BCUT2D eigenvalue weighted by Crippen LogP contribution is -2.01. The largest absolute Gasteiger partial charge is 0.383 e. The summed E-state index contributed by atoms with van der Waals surface area (Å²) >= 11 is 2.25. The van der Waals surface area contributed by atoms with Crippen molar-refractivity contribution in [3.8, 4) is 0 Å². The van der Waals surface area contributed by atoms with Gasteiger partial charge in [-0.15, -0.1) is 0 Å². The maximum atomic E-state index is 5.99. The number of hydrogen-bond donors (Lipinski definition) is 2. The van der Waals surface area contributed by atoms with Crippen LogP contribution in [0.15, 0.2) is 48.5 Å². The molecule has 0 saturated carbocycles. The van der Waals surface area contributed by atoms with E-state index in [1.165, 1.54) is 0 Å². The van der Waals surface area contributed by atoms with Crippen LogP contribution in [0.2, 0.25) is 0 Å². The Morgan fingerprint density at radius 3 is 2.58 bits per heavy atom. The fraction of sp³-hybridized carbons (Fsp3) is 0. The fourth-order valence-electron chi connectivity index (χ4n) is 1.83. The molecule has 4 nitrogen and oxygen atoms in total. The van der Waals surface area contributed by atoms with Gasteiger partial charge in [-0.3, -0.25) is 0 Å². The molecule has 0 aliphatic rings. The molecular weight excluding hydrogens is 351 g/mol. The Morgan fingerprint density at radius 1 is 1.00 bits per heavy atom. The van der Waals surface area contributed by atoms with Crippen molar-refractivity contribution in [3.63, 3.8) is 0 Å². The highest BCUT2D eigenvalue weighted by Gasteiger charge is 2.05. The van der Waals surface area contributed by atoms with Crippen molar-refractivity contribution < 1.29 is 0 Å². The van der Waals surface area contributed by atoms with Crippen molar-refractivity contribution in [1.29, 1.82) is 0 Å². The minimum absolute atomic E-state index is 0.488. The van der Waals surface area contributed by atoms with Gasteiger partial charge in [0.05, 0.1) is 5.52 Å². The summed E-state index contributed by atoms with van der Waals surface area (Å²) < 4.78 is 1.11. The lowest BCUT2D eigenvalue weighted by atomic mass is 10.2. The molecule has 5 heteroatoms. The van der Waals surface area contributed by atoms with Gasteiger partial charge in [0.1, 0.15) is 5.82 Å². The predicted molar refractivity (Wildman–Crippen MR) is 86.4 cm³/mol. The van der Waals surface area contributed by atoms with E-state index in [-0.39, 0.29) is 0 Å². The van der Waals surface area contributed by atoms with Crippen LogP contribution < -0.4 is 11.1 Å². The molecule has 0 spiro atoms. The molecule has 3 aromatic rings. The first kappa shape index (κ1) is 12.2. The number of nitrogens with two attached hydrogens (primary N) is 1. The zero-order valence-electron chi connectivity index (χ0n) is 9.97. The minimum Gasteiger partial charge on any atom is -0.383 e. The van der Waals surface area contributed by atoms with Crippen LogP contribution in [0.3, 0.4) is 0 Å². The quantitative estimate of drug-likeness (QED) is 0.685. The van der Waals surface area contributed by atoms with Gasteiger partial charge in [-0.1, -0.05) is 18.2 Å². The number of para-hydroxylation sites is 1. The second-order valence-corrected chi connectivity index (χ2v) is 5.33. The molecule has 1 heterocycles. The van der Waals surface area contributed by atoms with Crippen molar-refractivity contribution in [2.75, 3.05) is 11.1 Å². The first-order valence-corrected chi connectivity index (χ1v) is 6.85. The zero-order valence-corrected chi connectivity index (χ0v) is 12.1. The van der Waals surface area contributed by atoms with Crippen LogP contribution >= 0.6 is 22.6 Å². The lowest BCUT2D eigenvalue weighted by Gasteiger charge is -2.07. The highest BCUT2D eigenvalue weighted by Crippen LogP contribution is 2.23. The third kappa shape index (κ3) is 2.60. The number of anilines is 3. The third-order valence-electron chi connectivity index (χ3n) is 2.72. The van der Waals surface area contributed by atoms with Crippen molar-refractivity contribution in [1.82, 2.24) is 9.97 Å². The van der Waals surface area contributed by atoms with Crippen molar-refractivity contribution in [2.45, 2.75) is 0 Å². The number of rotatable bonds is 2. The van der Waals surface area contributed by atoms with E-state index in [1.54, 1.807) is 0 Å². The molecular formula is C14H11IN4. The number of nitrogens with zero attached hydrogens (tertiary/aromatic N) is 2. The summed E-state index contributed by atoms with van der Waals surface area (Å²) in [5, 5.41) is 4.03. The molecule has 19 heavy (non-hydrogen) atoms. The summed E-state index contributed by atoms with van der Waals surface area (Å²) in [5.74, 6) is 0.999. The van der Waals surface area contributed by atoms with E-state index in [1.807, 2.05) is 48.5 Å². The van der Waals surface area contributed by atoms with E-state index in [9.17, 15) is 0 Å². The standard InChI is InChI=1S/C14H11IN4/c15-9-6-7-12-11(8-9)13(16)19-14(18-12)17-10-4-2-1-3-5-10/h1-8H,(H3,16,17,18,19). The first-order chi connectivity index (χ1) is 9.22. The molecule has 2 aromatic carbocycles. The summed E-state index contributed by atoms with van der Waals surface area (Å²) in [4.78, 5) is 8.76. The summed E-state index contributed by atoms with van der Waals surface area (Å²) in [5.41, 5.74) is 7.76. The number of nitrogens with one attached hydrogen (secondary N) is 1. The highest BCUT2D eigenvalue weighted by molar-refractivity contribution is 14.1. The highest BCUT2D eigenvalue weighted by atomic mass is 127. The predicted octanol–water partition coefficient (Wildman–Crippen LogP) is 3.56. The van der Waals surface area contributed by atoms with Gasteiger partial charge in [-0.25, -0.2) is 4.98 Å². The minimum atomic E-state index is 0.488. The number of hydrogen-bond acceptors (Lipinski definition) is 4. The third-order valence-corrected chi connectivity index (χ3v) is 3.39. The Bertz CT molecular complexity index is 728. The maximum Gasteiger partial charge on any atom is 0.229 e. The Labute approximate surface area is 124 Å². The van der Waals surface area contributed by atoms with E-state index >= 15 is 0 Å². The SMILES string of the molecule is Nc1nc(Nc2ccccc2)nc2ccc(I)cc12. The molecule has 0 amide bonds. The Morgan fingerprint density at radius 2 is 1.79 bits per heavy atom. The summed E-state index contributed by atoms with van der Waals surface area (Å²) in [6.45, 7) is 0. The van der Waals surface area contributed by atoms with Gasteiger partial charge < -0.3 is 11.1 Å². The Hall–Kier alpha value is -1.89. The van der Waals surface area contributed by atoms with E-state index < -0.39 is 0 Å². The molecule has 3 N–H and O–H groups in total. The molecule has 1 aromatic heterocycles. The van der Waals surface area contributed by atoms with Crippen LogP contribution in [0.1, 0.15) is 0 Å². The van der Waals surface area contributed by atoms with Gasteiger partial charge >= 0.3 is 0 Å². The molecule has 0 aliphatic heterocycles. The molecule has 0 atom stereocenters. The van der Waals surface area contributed by atoms with E-state index in [2.05, 4.69) is 37.9 Å². The summed E-state index contributed by atoms with van der Waals surface area (Å²) in [7, 11) is 0. The molecule has 0 unspecified atom stereocenters. The van der Waals surface area contributed by atoms with Crippen LogP contribution in [-0.4, -0.2) is 9.97 Å². The van der Waals surface area contributed by atoms with Gasteiger partial charge in [-0.05, 0) is 52.9 Å². The maximum absolute atomic E-state index is 5.99. The van der Waals surface area contributed by atoms with Crippen LogP contribution in [0.25, 0.3) is 10.9 Å². The van der Waals surface area contributed by atoms with Crippen molar-refractivity contribution >= 4 is 50.9 Å². The number of benzene rings is 2. The molecule has 3 rings (SSSR count). The molecule has 0 bridgehead atoms. The average molecular weight is 362 g/mol. The van der Waals surface area contributed by atoms with Gasteiger partial charge in [0.2, 0.25) is 5.95 Å². The van der Waals surface area contributed by atoms with Crippen molar-refractivity contribution in [2.24, 2.45) is 0 Å². The molecule has 0 saturated heterocycles. The van der Waals surface area contributed by atoms with Crippen molar-refractivity contribution in [3.05, 3.63) is 52.1 Å². The van der Waals surface area contributed by atoms with Crippen LogP contribution in [-0.2, 0) is 0 Å². The first-order valence-electron chi connectivity index (χ1n) is 5.77. The van der Waals surface area contributed by atoms with E-state index in [0.717, 1.165) is 20.2 Å². The number of nitrogen functional groups attached to an aromatic ring is 1.